The summed E-state index contributed by atoms with van der Waals surface area (Å²) < 4.78 is 0. The highest BCUT2D eigenvalue weighted by Crippen LogP contribution is 2.26. The number of nitrogens with zero attached hydrogens (tertiary/aromatic N) is 2. The van der Waals surface area contributed by atoms with Crippen LogP contribution in [0.3, 0.4) is 0 Å². The van der Waals surface area contributed by atoms with E-state index in [1.165, 1.54) is 12.8 Å². The van der Waals surface area contributed by atoms with E-state index in [0.717, 1.165) is 45.2 Å². The first-order valence-corrected chi connectivity index (χ1v) is 7.67. The number of hydrogen-bond donors (Lipinski definition) is 2. The zero-order valence-corrected chi connectivity index (χ0v) is 12.9. The van der Waals surface area contributed by atoms with Gasteiger partial charge in [0.2, 0.25) is 5.91 Å². The van der Waals surface area contributed by atoms with Gasteiger partial charge in [-0.3, -0.25) is 9.69 Å². The lowest BCUT2D eigenvalue weighted by Crippen LogP contribution is -2.50. The molecule has 5 nitrogen and oxygen atoms in total. The maximum Gasteiger partial charge on any atom is 0.235 e. The quantitative estimate of drug-likeness (QED) is 0.544. The van der Waals surface area contributed by atoms with E-state index in [9.17, 15) is 10.1 Å². The molecule has 1 saturated carbocycles. The van der Waals surface area contributed by atoms with Crippen LogP contribution in [0.15, 0.2) is 0 Å². The summed E-state index contributed by atoms with van der Waals surface area (Å²) in [6.07, 6.45) is 7.01. The summed E-state index contributed by atoms with van der Waals surface area (Å²) in [5, 5.41) is 15.5. The molecule has 1 fully saturated rings. The Morgan fingerprint density at radius 1 is 1.30 bits per heavy atom. The number of amides is 1. The predicted octanol–water partition coefficient (Wildman–Crippen LogP) is 1.26. The number of hydrogen-bond acceptors (Lipinski definition) is 4. The zero-order valence-electron chi connectivity index (χ0n) is 12.9. The number of nitrogens with one attached hydrogen (secondary N) is 2. The van der Waals surface area contributed by atoms with Crippen molar-refractivity contribution in [3.63, 3.8) is 0 Å². The smallest absolute Gasteiger partial charge is 0.235 e. The lowest BCUT2D eigenvalue weighted by molar-refractivity contribution is -0.123. The van der Waals surface area contributed by atoms with E-state index in [1.54, 1.807) is 0 Å². The van der Waals surface area contributed by atoms with Crippen LogP contribution in [0.1, 0.15) is 44.9 Å². The Balaban J connectivity index is 2.40. The molecular formula is C15H28N4O. The van der Waals surface area contributed by atoms with Gasteiger partial charge in [-0.2, -0.15) is 5.26 Å². The maximum absolute atomic E-state index is 12.1. The second kappa shape index (κ2) is 8.93. The summed E-state index contributed by atoms with van der Waals surface area (Å²) in [7, 11) is 3.87. The Labute approximate surface area is 122 Å². The van der Waals surface area contributed by atoms with Crippen LogP contribution in [0, 0.1) is 11.3 Å². The van der Waals surface area contributed by atoms with E-state index in [2.05, 4.69) is 16.7 Å². The normalized spacial score (nSPS) is 18.3. The number of likely N-dealkylation sites (N-methyl/N-ethyl adjacent to an activating group) is 1. The number of carbonyl (C=O) groups excluding carboxylic acids is 1. The second-order valence-corrected chi connectivity index (χ2v) is 5.85. The SMILES string of the molecule is CNCCCN(C)CC(=O)NC1(C#N)CCCCCC1. The minimum Gasteiger partial charge on any atom is -0.337 e. The molecule has 1 aliphatic carbocycles. The van der Waals surface area contributed by atoms with Gasteiger partial charge in [0.25, 0.3) is 0 Å². The minimum atomic E-state index is -0.626. The van der Waals surface area contributed by atoms with Gasteiger partial charge >= 0.3 is 0 Å². The zero-order chi connectivity index (χ0) is 14.8. The molecule has 1 rings (SSSR count). The molecule has 5 heteroatoms. The van der Waals surface area contributed by atoms with Gasteiger partial charge < -0.3 is 10.6 Å². The molecule has 0 aromatic rings. The van der Waals surface area contributed by atoms with Crippen LogP contribution in [-0.4, -0.2) is 50.1 Å². The molecule has 0 radical (unpaired) electrons. The molecule has 0 aliphatic heterocycles. The van der Waals surface area contributed by atoms with Gasteiger partial charge in [-0.1, -0.05) is 25.7 Å². The summed E-state index contributed by atoms with van der Waals surface area (Å²) >= 11 is 0. The fourth-order valence-electron chi connectivity index (χ4n) is 2.75. The summed E-state index contributed by atoms with van der Waals surface area (Å²) in [6.45, 7) is 2.20. The van der Waals surface area contributed by atoms with Crippen LogP contribution < -0.4 is 10.6 Å². The van der Waals surface area contributed by atoms with Crippen molar-refractivity contribution < 1.29 is 4.79 Å². The summed E-state index contributed by atoms with van der Waals surface area (Å²) in [5.74, 6) is -0.0274. The molecule has 0 aromatic heterocycles. The first-order valence-electron chi connectivity index (χ1n) is 7.67. The van der Waals surface area contributed by atoms with E-state index in [1.807, 2.05) is 19.0 Å². The number of carbonyl (C=O) groups is 1. The first-order chi connectivity index (χ1) is 9.62. The summed E-state index contributed by atoms with van der Waals surface area (Å²) in [5.41, 5.74) is -0.626. The average molecular weight is 280 g/mol. The van der Waals surface area contributed by atoms with Crippen LogP contribution in [0.5, 0.6) is 0 Å². The maximum atomic E-state index is 12.1. The van der Waals surface area contributed by atoms with Crippen molar-refractivity contribution in [1.82, 2.24) is 15.5 Å². The fraction of sp³-hybridized carbons (Fsp3) is 0.867. The van der Waals surface area contributed by atoms with E-state index >= 15 is 0 Å². The van der Waals surface area contributed by atoms with E-state index in [4.69, 9.17) is 0 Å². The number of rotatable bonds is 7. The molecule has 0 unspecified atom stereocenters. The molecule has 0 atom stereocenters. The molecule has 2 N–H and O–H groups in total. The van der Waals surface area contributed by atoms with E-state index in [0.29, 0.717) is 6.54 Å². The molecule has 0 aromatic carbocycles. The highest BCUT2D eigenvalue weighted by molar-refractivity contribution is 5.79. The third-order valence-corrected chi connectivity index (χ3v) is 3.93. The van der Waals surface area contributed by atoms with Crippen LogP contribution in [0.25, 0.3) is 0 Å². The largest absolute Gasteiger partial charge is 0.337 e. The minimum absolute atomic E-state index is 0.0274. The molecule has 0 bridgehead atoms. The van der Waals surface area contributed by atoms with Crippen LogP contribution in [-0.2, 0) is 4.79 Å². The van der Waals surface area contributed by atoms with Crippen molar-refractivity contribution in [3.8, 4) is 6.07 Å². The molecule has 1 amide bonds. The van der Waals surface area contributed by atoms with Gasteiger partial charge in [0.1, 0.15) is 5.54 Å². The van der Waals surface area contributed by atoms with Crippen molar-refractivity contribution in [1.29, 1.82) is 5.26 Å². The predicted molar refractivity (Wildman–Crippen MR) is 80.2 cm³/mol. The second-order valence-electron chi connectivity index (χ2n) is 5.85. The van der Waals surface area contributed by atoms with Gasteiger partial charge in [-0.05, 0) is 46.4 Å². The molecule has 0 saturated heterocycles. The highest BCUT2D eigenvalue weighted by Gasteiger charge is 2.32. The Morgan fingerprint density at radius 2 is 1.95 bits per heavy atom. The van der Waals surface area contributed by atoms with E-state index in [-0.39, 0.29) is 5.91 Å². The lowest BCUT2D eigenvalue weighted by Gasteiger charge is -2.27. The lowest BCUT2D eigenvalue weighted by atomic mass is 9.92. The Bertz CT molecular complexity index is 329. The van der Waals surface area contributed by atoms with Gasteiger partial charge in [-0.25, -0.2) is 0 Å². The Kier molecular flexibility index (Phi) is 7.56. The molecular weight excluding hydrogens is 252 g/mol. The fourth-order valence-corrected chi connectivity index (χ4v) is 2.75. The van der Waals surface area contributed by atoms with Gasteiger partial charge in [0.05, 0.1) is 12.6 Å². The van der Waals surface area contributed by atoms with Gasteiger partial charge in [0, 0.05) is 0 Å². The molecule has 114 valence electrons. The van der Waals surface area contributed by atoms with Crippen molar-refractivity contribution in [2.45, 2.75) is 50.5 Å². The van der Waals surface area contributed by atoms with Gasteiger partial charge in [0.15, 0.2) is 0 Å². The highest BCUT2D eigenvalue weighted by atomic mass is 16.2. The molecule has 20 heavy (non-hydrogen) atoms. The topological polar surface area (TPSA) is 68.2 Å². The molecule has 1 aliphatic rings. The van der Waals surface area contributed by atoms with E-state index < -0.39 is 5.54 Å². The third-order valence-electron chi connectivity index (χ3n) is 3.93. The summed E-state index contributed by atoms with van der Waals surface area (Å²) in [4.78, 5) is 14.1. The first kappa shape index (κ1) is 16.9. The molecule has 0 heterocycles. The van der Waals surface area contributed by atoms with Crippen molar-refractivity contribution in [2.75, 3.05) is 33.7 Å². The molecule has 0 spiro atoms. The summed E-state index contributed by atoms with van der Waals surface area (Å²) in [6, 6.07) is 2.35. The number of nitriles is 1. The van der Waals surface area contributed by atoms with Gasteiger partial charge in [-0.15, -0.1) is 0 Å². The van der Waals surface area contributed by atoms with Crippen LogP contribution >= 0.6 is 0 Å². The average Bonchev–Trinajstić information content (AvgIpc) is 2.65. The Hall–Kier alpha value is -1.12. The Morgan fingerprint density at radius 3 is 2.50 bits per heavy atom. The standard InChI is InChI=1S/C15H28N4O/c1-17-10-7-11-19(2)12-14(20)18-15(13-16)8-5-3-4-6-9-15/h17H,3-12H2,1-2H3,(H,18,20). The monoisotopic (exact) mass is 280 g/mol. The van der Waals surface area contributed by atoms with Crippen LogP contribution in [0.4, 0.5) is 0 Å². The van der Waals surface area contributed by atoms with Crippen LogP contribution in [0.2, 0.25) is 0 Å². The van der Waals surface area contributed by atoms with Crippen molar-refractivity contribution >= 4 is 5.91 Å². The third kappa shape index (κ3) is 5.89. The van der Waals surface area contributed by atoms with Crippen molar-refractivity contribution in [2.24, 2.45) is 0 Å². The van der Waals surface area contributed by atoms with Crippen molar-refractivity contribution in [3.05, 3.63) is 0 Å².